The first-order valence-corrected chi connectivity index (χ1v) is 10.4. The molecule has 1 aromatic heterocycles. The minimum Gasteiger partial charge on any atom is -0.317 e. The SMILES string of the molecule is Cc1ccc(N2C(=O)/C(=C/c3cccn3-c3cccc(C)c3C)C(=O)NC2=S)c(C)c1. The molecule has 0 aliphatic carbocycles. The van der Waals surface area contributed by atoms with Crippen LogP contribution < -0.4 is 10.2 Å². The fraction of sp³-hybridized carbons (Fsp3) is 0.160. The highest BCUT2D eigenvalue weighted by atomic mass is 32.1. The van der Waals surface area contributed by atoms with Gasteiger partial charge in [0.25, 0.3) is 11.8 Å². The molecule has 31 heavy (non-hydrogen) atoms. The zero-order valence-corrected chi connectivity index (χ0v) is 18.7. The molecule has 1 fully saturated rings. The summed E-state index contributed by atoms with van der Waals surface area (Å²) in [5.41, 5.74) is 6.74. The van der Waals surface area contributed by atoms with Gasteiger partial charge in [-0.15, -0.1) is 0 Å². The van der Waals surface area contributed by atoms with E-state index in [2.05, 4.69) is 25.2 Å². The number of aromatic nitrogens is 1. The minimum absolute atomic E-state index is 0.0406. The molecule has 1 N–H and O–H groups in total. The topological polar surface area (TPSA) is 54.3 Å². The van der Waals surface area contributed by atoms with Gasteiger partial charge in [0.15, 0.2) is 5.11 Å². The van der Waals surface area contributed by atoms with E-state index in [0.717, 1.165) is 28.1 Å². The van der Waals surface area contributed by atoms with Crippen LogP contribution in [0.1, 0.15) is 27.9 Å². The average molecular weight is 430 g/mol. The van der Waals surface area contributed by atoms with Crippen LogP contribution in [0.3, 0.4) is 0 Å². The molecule has 1 saturated heterocycles. The van der Waals surface area contributed by atoms with Crippen molar-refractivity contribution in [1.29, 1.82) is 0 Å². The van der Waals surface area contributed by atoms with Gasteiger partial charge in [-0.3, -0.25) is 19.8 Å². The molecular formula is C25H23N3O2S. The number of carbonyl (C=O) groups is 2. The first kappa shape index (κ1) is 20.8. The molecule has 2 heterocycles. The van der Waals surface area contributed by atoms with E-state index in [9.17, 15) is 9.59 Å². The summed E-state index contributed by atoms with van der Waals surface area (Å²) in [6.45, 7) is 8.02. The quantitative estimate of drug-likeness (QED) is 0.378. The van der Waals surface area contributed by atoms with Gasteiger partial charge < -0.3 is 4.57 Å². The summed E-state index contributed by atoms with van der Waals surface area (Å²) in [4.78, 5) is 27.5. The van der Waals surface area contributed by atoms with E-state index in [1.807, 2.05) is 67.1 Å². The number of amides is 2. The lowest BCUT2D eigenvalue weighted by molar-refractivity contribution is -0.122. The third kappa shape index (κ3) is 3.70. The molecule has 0 spiro atoms. The number of hydrogen-bond donors (Lipinski definition) is 1. The lowest BCUT2D eigenvalue weighted by Crippen LogP contribution is -2.54. The number of rotatable bonds is 3. The molecular weight excluding hydrogens is 406 g/mol. The molecule has 3 aromatic rings. The van der Waals surface area contributed by atoms with Crippen LogP contribution in [0, 0.1) is 27.7 Å². The Hall–Kier alpha value is -3.51. The van der Waals surface area contributed by atoms with Gasteiger partial charge in [0.05, 0.1) is 5.69 Å². The summed E-state index contributed by atoms with van der Waals surface area (Å²) in [6.07, 6.45) is 3.55. The number of nitrogens with one attached hydrogen (secondary N) is 1. The zero-order valence-electron chi connectivity index (χ0n) is 17.9. The summed E-state index contributed by atoms with van der Waals surface area (Å²) in [5.74, 6) is -0.931. The van der Waals surface area contributed by atoms with E-state index in [0.29, 0.717) is 5.69 Å². The Bertz CT molecular complexity index is 1270. The van der Waals surface area contributed by atoms with Crippen LogP contribution in [-0.4, -0.2) is 21.5 Å². The van der Waals surface area contributed by atoms with Crippen molar-refractivity contribution in [2.24, 2.45) is 0 Å². The number of hydrogen-bond acceptors (Lipinski definition) is 3. The van der Waals surface area contributed by atoms with Gasteiger partial charge in [-0.25, -0.2) is 0 Å². The van der Waals surface area contributed by atoms with Gasteiger partial charge in [-0.1, -0.05) is 29.8 Å². The smallest absolute Gasteiger partial charge is 0.270 e. The lowest BCUT2D eigenvalue weighted by Gasteiger charge is -2.30. The van der Waals surface area contributed by atoms with E-state index in [-0.39, 0.29) is 10.7 Å². The molecule has 5 nitrogen and oxygen atoms in total. The van der Waals surface area contributed by atoms with E-state index in [4.69, 9.17) is 12.2 Å². The van der Waals surface area contributed by atoms with Crippen molar-refractivity contribution in [2.45, 2.75) is 27.7 Å². The molecule has 4 rings (SSSR count). The number of nitrogens with zero attached hydrogens (tertiary/aromatic N) is 2. The molecule has 0 bridgehead atoms. The molecule has 1 aliphatic rings. The van der Waals surface area contributed by atoms with E-state index >= 15 is 0 Å². The Labute approximate surface area is 187 Å². The van der Waals surface area contributed by atoms with Gasteiger partial charge >= 0.3 is 0 Å². The highest BCUT2D eigenvalue weighted by molar-refractivity contribution is 7.80. The summed E-state index contributed by atoms with van der Waals surface area (Å²) < 4.78 is 1.98. The van der Waals surface area contributed by atoms with Crippen molar-refractivity contribution < 1.29 is 9.59 Å². The van der Waals surface area contributed by atoms with Gasteiger partial charge in [-0.2, -0.15) is 0 Å². The second-order valence-corrected chi connectivity index (χ2v) is 8.16. The van der Waals surface area contributed by atoms with Crippen molar-refractivity contribution in [3.8, 4) is 5.69 Å². The number of aryl methyl sites for hydroxylation is 3. The highest BCUT2D eigenvalue weighted by Crippen LogP contribution is 2.27. The predicted molar refractivity (Wildman–Crippen MR) is 127 cm³/mol. The van der Waals surface area contributed by atoms with Crippen molar-refractivity contribution in [1.82, 2.24) is 9.88 Å². The Morgan fingerprint density at radius 2 is 1.68 bits per heavy atom. The number of carbonyl (C=O) groups excluding carboxylic acids is 2. The summed E-state index contributed by atoms with van der Waals surface area (Å²) in [6, 6.07) is 15.6. The maximum atomic E-state index is 13.4. The Kier molecular flexibility index (Phi) is 5.33. The molecule has 156 valence electrons. The summed E-state index contributed by atoms with van der Waals surface area (Å²) in [5, 5.41) is 2.75. The molecule has 2 aromatic carbocycles. The fourth-order valence-electron chi connectivity index (χ4n) is 3.81. The van der Waals surface area contributed by atoms with Crippen LogP contribution in [0.2, 0.25) is 0 Å². The van der Waals surface area contributed by atoms with E-state index in [1.165, 1.54) is 10.5 Å². The van der Waals surface area contributed by atoms with Crippen LogP contribution in [0.5, 0.6) is 0 Å². The average Bonchev–Trinajstić information content (AvgIpc) is 3.17. The fourth-order valence-corrected chi connectivity index (χ4v) is 4.08. The third-order valence-electron chi connectivity index (χ3n) is 5.60. The third-order valence-corrected chi connectivity index (χ3v) is 5.89. The molecule has 2 amide bonds. The first-order valence-electron chi connectivity index (χ1n) is 10.0. The van der Waals surface area contributed by atoms with Gasteiger partial charge in [0.2, 0.25) is 0 Å². The van der Waals surface area contributed by atoms with Crippen LogP contribution in [0.15, 0.2) is 60.3 Å². The molecule has 1 aliphatic heterocycles. The monoisotopic (exact) mass is 429 g/mol. The number of benzene rings is 2. The van der Waals surface area contributed by atoms with Gasteiger partial charge in [-0.05, 0) is 86.9 Å². The standard InChI is InChI=1S/C25H23N3O2S/c1-15-10-11-21(17(3)13-15)28-24(30)20(23(29)26-25(28)31)14-19-8-6-12-27(19)22-9-5-7-16(2)18(22)4/h5-14H,1-4H3,(H,26,29,31)/b20-14+. The Morgan fingerprint density at radius 1 is 0.903 bits per heavy atom. The van der Waals surface area contributed by atoms with Crippen LogP contribution in [0.25, 0.3) is 11.8 Å². The number of anilines is 1. The molecule has 6 heteroatoms. The zero-order chi connectivity index (χ0) is 22.3. The van der Waals surface area contributed by atoms with Gasteiger partial charge in [0, 0.05) is 17.6 Å². The van der Waals surface area contributed by atoms with Crippen molar-refractivity contribution in [3.05, 3.63) is 88.2 Å². The lowest BCUT2D eigenvalue weighted by atomic mass is 10.1. The molecule has 0 radical (unpaired) electrons. The Morgan fingerprint density at radius 3 is 2.42 bits per heavy atom. The predicted octanol–water partition coefficient (Wildman–Crippen LogP) is 4.54. The maximum absolute atomic E-state index is 13.4. The van der Waals surface area contributed by atoms with Crippen LogP contribution >= 0.6 is 12.2 Å². The van der Waals surface area contributed by atoms with Crippen molar-refractivity contribution >= 4 is 40.9 Å². The molecule has 0 unspecified atom stereocenters. The van der Waals surface area contributed by atoms with Crippen LogP contribution in [0.4, 0.5) is 5.69 Å². The second kappa shape index (κ2) is 7.96. The molecule has 0 atom stereocenters. The van der Waals surface area contributed by atoms with Crippen molar-refractivity contribution in [3.63, 3.8) is 0 Å². The minimum atomic E-state index is -0.496. The van der Waals surface area contributed by atoms with Gasteiger partial charge in [0.1, 0.15) is 5.57 Å². The van der Waals surface area contributed by atoms with Crippen LogP contribution in [-0.2, 0) is 9.59 Å². The highest BCUT2D eigenvalue weighted by Gasteiger charge is 2.35. The second-order valence-electron chi connectivity index (χ2n) is 7.77. The Balaban J connectivity index is 1.79. The molecule has 0 saturated carbocycles. The van der Waals surface area contributed by atoms with Crippen molar-refractivity contribution in [2.75, 3.05) is 4.90 Å². The normalized spacial score (nSPS) is 15.5. The van der Waals surface area contributed by atoms with E-state index in [1.54, 1.807) is 6.08 Å². The largest absolute Gasteiger partial charge is 0.317 e. The number of thiocarbonyl (C=S) groups is 1. The summed E-state index contributed by atoms with van der Waals surface area (Å²) >= 11 is 5.33. The van der Waals surface area contributed by atoms with E-state index < -0.39 is 11.8 Å². The first-order chi connectivity index (χ1) is 14.8. The summed E-state index contributed by atoms with van der Waals surface area (Å²) in [7, 11) is 0. The maximum Gasteiger partial charge on any atom is 0.270 e.